The molecule has 3 rings (SSSR count). The molecule has 6 heteroatoms. The van der Waals surface area contributed by atoms with E-state index in [2.05, 4.69) is 0 Å². The Kier molecular flexibility index (Phi) is 6.27. The lowest BCUT2D eigenvalue weighted by Gasteiger charge is -2.12. The second-order valence-corrected chi connectivity index (χ2v) is 5.86. The van der Waals surface area contributed by atoms with Crippen LogP contribution in [0.25, 0.3) is 5.69 Å². The first kappa shape index (κ1) is 19.7. The molecule has 0 spiro atoms. The van der Waals surface area contributed by atoms with E-state index in [9.17, 15) is 14.7 Å². The number of carboxylic acid groups (broad SMARTS) is 1. The third-order valence-corrected chi connectivity index (χ3v) is 4.04. The topological polar surface area (TPSA) is 109 Å². The minimum atomic E-state index is -1.01. The highest BCUT2D eigenvalue weighted by molar-refractivity contribution is 5.95. The number of aromatic nitrogens is 1. The molecule has 138 valence electrons. The van der Waals surface area contributed by atoms with Gasteiger partial charge < -0.3 is 20.8 Å². The Bertz CT molecular complexity index is 976. The number of carbonyl (C=O) groups excluding carboxylic acids is 1. The molecule has 1 heterocycles. The number of carboxylic acids is 1. The van der Waals surface area contributed by atoms with Gasteiger partial charge in [-0.2, -0.15) is 0 Å². The lowest BCUT2D eigenvalue weighted by Crippen LogP contribution is -2.13. The van der Waals surface area contributed by atoms with Gasteiger partial charge in [0.2, 0.25) is 0 Å². The van der Waals surface area contributed by atoms with E-state index in [1.807, 2.05) is 30.3 Å². The Balaban J connectivity index is 0.000000273. The van der Waals surface area contributed by atoms with E-state index in [-0.39, 0.29) is 5.56 Å². The number of nitrogens with zero attached hydrogens (tertiary/aromatic N) is 1. The maximum Gasteiger partial charge on any atom is 0.337 e. The molecule has 0 aliphatic carbocycles. The highest BCUT2D eigenvalue weighted by Gasteiger charge is 2.18. The molecule has 0 saturated heterocycles. The quantitative estimate of drug-likeness (QED) is 0.616. The minimum absolute atomic E-state index is 0.181. The number of aromatic carboxylic acids is 1. The average molecular weight is 363 g/mol. The summed E-state index contributed by atoms with van der Waals surface area (Å²) in [6.07, 6.45) is 1.33. The van der Waals surface area contributed by atoms with Crippen molar-refractivity contribution in [3.8, 4) is 5.69 Å². The average Bonchev–Trinajstić information content (AvgIpc) is 2.97. The summed E-state index contributed by atoms with van der Waals surface area (Å²) in [6, 6.07) is 17.9. The molecule has 1 amide bonds. The highest BCUT2D eigenvalue weighted by Crippen LogP contribution is 2.23. The van der Waals surface area contributed by atoms with Gasteiger partial charge in [-0.3, -0.25) is 4.79 Å². The number of primary amides is 1. The molecular weight excluding hydrogens is 342 g/mol. The predicted molar refractivity (Wildman–Crippen MR) is 105 cm³/mol. The Morgan fingerprint density at radius 1 is 1.00 bits per heavy atom. The fourth-order valence-electron chi connectivity index (χ4n) is 2.78. The number of rotatable bonds is 4. The molecule has 6 nitrogen and oxygen atoms in total. The van der Waals surface area contributed by atoms with E-state index in [0.29, 0.717) is 16.9 Å². The monoisotopic (exact) mass is 363 g/mol. The van der Waals surface area contributed by atoms with Gasteiger partial charge in [0.25, 0.3) is 5.91 Å². The van der Waals surface area contributed by atoms with Gasteiger partial charge in [0.05, 0.1) is 16.8 Å². The molecule has 2 aromatic carbocycles. The van der Waals surface area contributed by atoms with E-state index in [1.54, 1.807) is 42.7 Å². The van der Waals surface area contributed by atoms with E-state index < -0.39 is 11.9 Å². The number of carbonyl (C=O) groups is 2. The van der Waals surface area contributed by atoms with Gasteiger partial charge in [0.15, 0.2) is 0 Å². The summed E-state index contributed by atoms with van der Waals surface area (Å²) < 4.78 is 1.73. The zero-order valence-electron chi connectivity index (χ0n) is 15.1. The van der Waals surface area contributed by atoms with Crippen molar-refractivity contribution in [2.75, 3.05) is 0 Å². The molecule has 0 radical (unpaired) electrons. The second-order valence-electron chi connectivity index (χ2n) is 5.86. The number of hydrogen-bond acceptors (Lipinski definition) is 3. The van der Waals surface area contributed by atoms with E-state index >= 15 is 0 Å². The van der Waals surface area contributed by atoms with Crippen LogP contribution >= 0.6 is 0 Å². The Morgan fingerprint density at radius 3 is 2.07 bits per heavy atom. The van der Waals surface area contributed by atoms with Crippen LogP contribution in [0.2, 0.25) is 0 Å². The third-order valence-electron chi connectivity index (χ3n) is 4.04. The van der Waals surface area contributed by atoms with Crippen LogP contribution in [0.1, 0.15) is 37.7 Å². The van der Waals surface area contributed by atoms with Crippen molar-refractivity contribution in [3.63, 3.8) is 0 Å². The molecule has 0 fully saturated rings. The molecule has 0 saturated carbocycles. The van der Waals surface area contributed by atoms with Crippen LogP contribution in [-0.4, -0.2) is 27.8 Å². The van der Waals surface area contributed by atoms with Gasteiger partial charge in [-0.15, -0.1) is 0 Å². The number of aryl methyl sites for hydroxylation is 1. The molecule has 4 N–H and O–H groups in total. The summed E-state index contributed by atoms with van der Waals surface area (Å²) in [5.74, 6) is -1.53. The fraction of sp³-hybridized carbons (Fsp3) is 0.0952. The predicted octanol–water partition coefficient (Wildman–Crippen LogP) is 3.58. The first-order chi connectivity index (χ1) is 12.9. The Labute approximate surface area is 157 Å². The van der Waals surface area contributed by atoms with Gasteiger partial charge in [0, 0.05) is 17.6 Å². The maximum absolute atomic E-state index is 11.3. The number of benzene rings is 2. The number of nitrogens with two attached hydrogens (primary N) is 1. The number of amides is 1. The summed E-state index contributed by atoms with van der Waals surface area (Å²) in [4.78, 5) is 22.6. The molecule has 1 aromatic heterocycles. The van der Waals surface area contributed by atoms with Gasteiger partial charge in [0.1, 0.15) is 0 Å². The van der Waals surface area contributed by atoms with Crippen LogP contribution in [0.15, 0.2) is 60.7 Å². The van der Waals surface area contributed by atoms with Crippen LogP contribution in [0, 0.1) is 19.3 Å². The SMILES string of the molecule is Cc1cc(C(N)=O)c(C)n1-c1ccccc1C(=O)O.N=Cc1ccccc1. The molecule has 0 aliphatic rings. The zero-order chi connectivity index (χ0) is 20.0. The molecular formula is C21H21N3O3. The van der Waals surface area contributed by atoms with Crippen molar-refractivity contribution in [1.82, 2.24) is 4.57 Å². The first-order valence-electron chi connectivity index (χ1n) is 8.23. The van der Waals surface area contributed by atoms with Gasteiger partial charge in [-0.05, 0) is 37.6 Å². The van der Waals surface area contributed by atoms with Crippen molar-refractivity contribution < 1.29 is 14.7 Å². The molecule has 3 aromatic rings. The molecule has 0 bridgehead atoms. The Morgan fingerprint density at radius 2 is 1.59 bits per heavy atom. The normalized spacial score (nSPS) is 9.85. The van der Waals surface area contributed by atoms with Gasteiger partial charge in [-0.25, -0.2) is 4.79 Å². The van der Waals surface area contributed by atoms with Crippen molar-refractivity contribution in [2.45, 2.75) is 13.8 Å². The van der Waals surface area contributed by atoms with Crippen LogP contribution < -0.4 is 5.73 Å². The third kappa shape index (κ3) is 4.49. The molecule has 0 atom stereocenters. The number of para-hydroxylation sites is 1. The lowest BCUT2D eigenvalue weighted by molar-refractivity contribution is 0.0696. The van der Waals surface area contributed by atoms with Crippen LogP contribution in [-0.2, 0) is 0 Å². The summed E-state index contributed by atoms with van der Waals surface area (Å²) in [5.41, 5.74) is 8.76. The van der Waals surface area contributed by atoms with Gasteiger partial charge >= 0.3 is 5.97 Å². The highest BCUT2D eigenvalue weighted by atomic mass is 16.4. The zero-order valence-corrected chi connectivity index (χ0v) is 15.1. The summed E-state index contributed by atoms with van der Waals surface area (Å²) in [7, 11) is 0. The number of hydrogen-bond donors (Lipinski definition) is 3. The van der Waals surface area contributed by atoms with Crippen molar-refractivity contribution >= 4 is 18.1 Å². The minimum Gasteiger partial charge on any atom is -0.478 e. The van der Waals surface area contributed by atoms with Crippen LogP contribution in [0.3, 0.4) is 0 Å². The van der Waals surface area contributed by atoms with E-state index in [0.717, 1.165) is 11.3 Å². The lowest BCUT2D eigenvalue weighted by atomic mass is 10.1. The molecule has 0 unspecified atom stereocenters. The summed E-state index contributed by atoms with van der Waals surface area (Å²) in [6.45, 7) is 3.55. The fourth-order valence-corrected chi connectivity index (χ4v) is 2.78. The van der Waals surface area contributed by atoms with E-state index in [1.165, 1.54) is 12.3 Å². The molecule has 0 aliphatic heterocycles. The van der Waals surface area contributed by atoms with Crippen molar-refractivity contribution in [3.05, 3.63) is 88.7 Å². The summed E-state index contributed by atoms with van der Waals surface area (Å²) in [5, 5.41) is 16.0. The smallest absolute Gasteiger partial charge is 0.337 e. The van der Waals surface area contributed by atoms with Gasteiger partial charge in [-0.1, -0.05) is 42.5 Å². The largest absolute Gasteiger partial charge is 0.478 e. The number of nitrogens with one attached hydrogen (secondary N) is 1. The van der Waals surface area contributed by atoms with Crippen molar-refractivity contribution in [1.29, 1.82) is 5.41 Å². The Hall–Kier alpha value is -3.67. The first-order valence-corrected chi connectivity index (χ1v) is 8.23. The van der Waals surface area contributed by atoms with Crippen LogP contribution in [0.5, 0.6) is 0 Å². The standard InChI is InChI=1S/C14H14N2O3.C7H7N/c1-8-7-11(13(15)17)9(2)16(8)12-6-4-3-5-10(12)14(18)19;8-6-7-4-2-1-3-5-7/h3-7H,1-2H3,(H2,15,17)(H,18,19);1-6,8H. The maximum atomic E-state index is 11.3. The van der Waals surface area contributed by atoms with Crippen LogP contribution in [0.4, 0.5) is 0 Å². The van der Waals surface area contributed by atoms with E-state index in [4.69, 9.17) is 11.1 Å². The second kappa shape index (κ2) is 8.62. The van der Waals surface area contributed by atoms with Crippen molar-refractivity contribution in [2.24, 2.45) is 5.73 Å². The molecule has 27 heavy (non-hydrogen) atoms. The summed E-state index contributed by atoms with van der Waals surface area (Å²) >= 11 is 0.